The van der Waals surface area contributed by atoms with Crippen LogP contribution >= 0.6 is 0 Å². The largest absolute Gasteiger partial charge is 0.383 e. The fourth-order valence-electron chi connectivity index (χ4n) is 5.05. The number of hydrogen-bond acceptors (Lipinski definition) is 4. The van der Waals surface area contributed by atoms with Crippen LogP contribution in [0.15, 0.2) is 36.5 Å². The quantitative estimate of drug-likeness (QED) is 0.749. The molecule has 0 radical (unpaired) electrons. The van der Waals surface area contributed by atoms with Crippen molar-refractivity contribution in [2.45, 2.75) is 38.3 Å². The van der Waals surface area contributed by atoms with E-state index in [4.69, 9.17) is 10.00 Å². The van der Waals surface area contributed by atoms with Gasteiger partial charge in [0.15, 0.2) is 0 Å². The number of nitrogens with zero attached hydrogens (tertiary/aromatic N) is 3. The Morgan fingerprint density at radius 3 is 2.76 bits per heavy atom. The third kappa shape index (κ3) is 5.08. The van der Waals surface area contributed by atoms with Gasteiger partial charge in [-0.05, 0) is 60.9 Å². The Hall–Kier alpha value is -2.13. The molecule has 1 saturated heterocycles. The van der Waals surface area contributed by atoms with Gasteiger partial charge in [0.1, 0.15) is 11.8 Å². The van der Waals surface area contributed by atoms with Crippen molar-refractivity contribution in [1.82, 2.24) is 14.8 Å². The molecular weight excluding hydrogens is 360 g/mol. The molecule has 29 heavy (non-hydrogen) atoms. The first-order valence-corrected chi connectivity index (χ1v) is 10.8. The molecule has 2 aliphatic rings. The average molecular weight is 393 g/mol. The lowest BCUT2D eigenvalue weighted by Gasteiger charge is -2.38. The maximum atomic E-state index is 9.07. The van der Waals surface area contributed by atoms with E-state index >= 15 is 0 Å². The van der Waals surface area contributed by atoms with Gasteiger partial charge in [-0.25, -0.2) is 0 Å². The molecule has 2 aromatic rings. The molecule has 1 aliphatic heterocycles. The predicted molar refractivity (Wildman–Crippen MR) is 115 cm³/mol. The SMILES string of the molecule is COCCN(Cc1c[nH]c(C#N)c1)C[C@H]1CCCN(C2Cc3ccccc3C2)C1. The molecule has 0 saturated carbocycles. The Labute approximate surface area is 174 Å². The van der Waals surface area contributed by atoms with Crippen molar-refractivity contribution in [3.8, 4) is 6.07 Å². The summed E-state index contributed by atoms with van der Waals surface area (Å²) in [6.45, 7) is 6.05. The summed E-state index contributed by atoms with van der Waals surface area (Å²) in [6.07, 6.45) is 6.96. The number of fused-ring (bicyclic) bond motifs is 1. The fraction of sp³-hybridized carbons (Fsp3) is 0.542. The monoisotopic (exact) mass is 392 g/mol. The Morgan fingerprint density at radius 2 is 2.07 bits per heavy atom. The predicted octanol–water partition coefficient (Wildman–Crippen LogP) is 3.21. The van der Waals surface area contributed by atoms with Gasteiger partial charge in [-0.1, -0.05) is 24.3 Å². The molecule has 1 aromatic carbocycles. The van der Waals surface area contributed by atoms with Crippen molar-refractivity contribution in [3.05, 3.63) is 58.9 Å². The van der Waals surface area contributed by atoms with Crippen molar-refractivity contribution in [3.63, 3.8) is 0 Å². The number of nitriles is 1. The van der Waals surface area contributed by atoms with E-state index in [-0.39, 0.29) is 0 Å². The summed E-state index contributed by atoms with van der Waals surface area (Å²) in [5.41, 5.74) is 4.90. The van der Waals surface area contributed by atoms with Crippen LogP contribution < -0.4 is 0 Å². The van der Waals surface area contributed by atoms with Gasteiger partial charge in [-0.2, -0.15) is 5.26 Å². The second-order valence-corrected chi connectivity index (χ2v) is 8.60. The van der Waals surface area contributed by atoms with E-state index in [1.165, 1.54) is 44.3 Å². The molecule has 1 aliphatic carbocycles. The molecule has 5 heteroatoms. The van der Waals surface area contributed by atoms with Crippen LogP contribution in [0.25, 0.3) is 0 Å². The zero-order chi connectivity index (χ0) is 20.1. The standard InChI is InChI=1S/C24H32N4O/c1-29-10-9-27(17-20-11-23(14-25)26-15-20)16-19-5-4-8-28(18-19)24-12-21-6-2-3-7-22(21)13-24/h2-3,6-7,11,15,19,24,26H,4-5,8-10,12-13,16-18H2,1H3/t19-/m1/s1. The zero-order valence-corrected chi connectivity index (χ0v) is 17.4. The topological polar surface area (TPSA) is 55.3 Å². The molecule has 1 atom stereocenters. The summed E-state index contributed by atoms with van der Waals surface area (Å²) >= 11 is 0. The van der Waals surface area contributed by atoms with Crippen LogP contribution in [0.3, 0.4) is 0 Å². The summed E-state index contributed by atoms with van der Waals surface area (Å²) in [7, 11) is 1.77. The Bertz CT molecular complexity index is 814. The first-order valence-electron chi connectivity index (χ1n) is 10.8. The van der Waals surface area contributed by atoms with Crippen molar-refractivity contribution in [1.29, 1.82) is 5.26 Å². The smallest absolute Gasteiger partial charge is 0.117 e. The lowest BCUT2D eigenvalue weighted by Crippen LogP contribution is -2.46. The summed E-state index contributed by atoms with van der Waals surface area (Å²) in [4.78, 5) is 8.28. The van der Waals surface area contributed by atoms with Gasteiger partial charge >= 0.3 is 0 Å². The second-order valence-electron chi connectivity index (χ2n) is 8.60. The Morgan fingerprint density at radius 1 is 1.28 bits per heavy atom. The minimum Gasteiger partial charge on any atom is -0.383 e. The average Bonchev–Trinajstić information content (AvgIpc) is 3.39. The lowest BCUT2D eigenvalue weighted by atomic mass is 9.95. The van der Waals surface area contributed by atoms with Gasteiger partial charge in [0.05, 0.1) is 6.61 Å². The highest BCUT2D eigenvalue weighted by molar-refractivity contribution is 5.33. The highest BCUT2D eigenvalue weighted by atomic mass is 16.5. The summed E-state index contributed by atoms with van der Waals surface area (Å²) in [6, 6.07) is 13.8. The number of aromatic nitrogens is 1. The number of likely N-dealkylation sites (tertiary alicyclic amines) is 1. The van der Waals surface area contributed by atoms with E-state index in [0.717, 1.165) is 26.2 Å². The second kappa shape index (κ2) is 9.58. The van der Waals surface area contributed by atoms with Gasteiger partial charge in [0.25, 0.3) is 0 Å². The molecule has 0 unspecified atom stereocenters. The van der Waals surface area contributed by atoms with E-state index in [0.29, 0.717) is 17.7 Å². The van der Waals surface area contributed by atoms with E-state index in [1.54, 1.807) is 18.2 Å². The third-order valence-electron chi connectivity index (χ3n) is 6.49. The Kier molecular flexibility index (Phi) is 6.66. The zero-order valence-electron chi connectivity index (χ0n) is 17.4. The van der Waals surface area contributed by atoms with Crippen LogP contribution in [0.2, 0.25) is 0 Å². The molecule has 0 bridgehead atoms. The van der Waals surface area contributed by atoms with Crippen molar-refractivity contribution >= 4 is 0 Å². The van der Waals surface area contributed by atoms with Crippen LogP contribution in [-0.2, 0) is 24.1 Å². The van der Waals surface area contributed by atoms with Crippen LogP contribution in [0.1, 0.15) is 35.2 Å². The van der Waals surface area contributed by atoms with Gasteiger partial charge in [0, 0.05) is 45.5 Å². The summed E-state index contributed by atoms with van der Waals surface area (Å²) < 4.78 is 5.35. The molecule has 154 valence electrons. The van der Waals surface area contributed by atoms with Gasteiger partial charge in [0.2, 0.25) is 0 Å². The number of nitrogens with one attached hydrogen (secondary N) is 1. The third-order valence-corrected chi connectivity index (χ3v) is 6.49. The van der Waals surface area contributed by atoms with Gasteiger partial charge in [-0.15, -0.1) is 0 Å². The molecule has 1 aromatic heterocycles. The molecule has 1 N–H and O–H groups in total. The first-order chi connectivity index (χ1) is 14.2. The molecule has 1 fully saturated rings. The molecule has 4 rings (SSSR count). The van der Waals surface area contributed by atoms with Crippen LogP contribution in [0.4, 0.5) is 0 Å². The lowest BCUT2D eigenvalue weighted by molar-refractivity contribution is 0.0844. The molecule has 0 spiro atoms. The Balaban J connectivity index is 1.35. The highest BCUT2D eigenvalue weighted by Gasteiger charge is 2.31. The molecule has 5 nitrogen and oxygen atoms in total. The number of rotatable bonds is 8. The van der Waals surface area contributed by atoms with Crippen molar-refractivity contribution < 1.29 is 4.74 Å². The maximum absolute atomic E-state index is 9.07. The number of hydrogen-bond donors (Lipinski definition) is 1. The molecule has 2 heterocycles. The van der Waals surface area contributed by atoms with Crippen LogP contribution in [0, 0.1) is 17.2 Å². The number of ether oxygens (including phenoxy) is 1. The number of H-pyrrole nitrogens is 1. The van der Waals surface area contributed by atoms with Crippen LogP contribution in [-0.4, -0.2) is 60.7 Å². The van der Waals surface area contributed by atoms with E-state index in [9.17, 15) is 0 Å². The number of aromatic amines is 1. The highest BCUT2D eigenvalue weighted by Crippen LogP contribution is 2.29. The van der Waals surface area contributed by atoms with E-state index < -0.39 is 0 Å². The number of methoxy groups -OCH3 is 1. The molecule has 0 amide bonds. The minimum atomic E-state index is 0.635. The molecular formula is C24H32N4O. The summed E-state index contributed by atoms with van der Waals surface area (Å²) in [5.74, 6) is 0.693. The van der Waals surface area contributed by atoms with Gasteiger partial charge < -0.3 is 9.72 Å². The normalized spacial score (nSPS) is 20.1. The van der Waals surface area contributed by atoms with Crippen molar-refractivity contribution in [2.75, 3.05) is 39.9 Å². The van der Waals surface area contributed by atoms with Crippen molar-refractivity contribution in [2.24, 2.45) is 5.92 Å². The van der Waals surface area contributed by atoms with Crippen LogP contribution in [0.5, 0.6) is 0 Å². The van der Waals surface area contributed by atoms with E-state index in [1.807, 2.05) is 12.3 Å². The number of piperidine rings is 1. The first kappa shape index (κ1) is 20.2. The minimum absolute atomic E-state index is 0.635. The fourth-order valence-corrected chi connectivity index (χ4v) is 5.05. The van der Waals surface area contributed by atoms with Gasteiger partial charge in [-0.3, -0.25) is 9.80 Å². The van der Waals surface area contributed by atoms with E-state index in [2.05, 4.69) is 45.1 Å². The summed E-state index contributed by atoms with van der Waals surface area (Å²) in [5, 5.41) is 9.07. The maximum Gasteiger partial charge on any atom is 0.117 e. The number of benzene rings is 1.